The summed E-state index contributed by atoms with van der Waals surface area (Å²) in [6.45, 7) is 5.85. The van der Waals surface area contributed by atoms with Crippen molar-refractivity contribution in [1.82, 2.24) is 4.90 Å². The SMILES string of the molecule is Clc1cccc(N2CCN(CC3CC=CCC3)CC2)c1. The van der Waals surface area contributed by atoms with Gasteiger partial charge in [-0.3, -0.25) is 4.90 Å². The predicted molar refractivity (Wildman–Crippen MR) is 86.6 cm³/mol. The Labute approximate surface area is 127 Å². The number of anilines is 1. The number of benzene rings is 1. The summed E-state index contributed by atoms with van der Waals surface area (Å²) in [4.78, 5) is 5.08. The van der Waals surface area contributed by atoms with Crippen LogP contribution in [0.5, 0.6) is 0 Å². The van der Waals surface area contributed by atoms with Gasteiger partial charge >= 0.3 is 0 Å². The van der Waals surface area contributed by atoms with E-state index in [-0.39, 0.29) is 0 Å². The number of hydrogen-bond donors (Lipinski definition) is 0. The first-order valence-corrected chi connectivity index (χ1v) is 8.07. The Balaban J connectivity index is 1.50. The molecule has 2 aliphatic rings. The molecule has 0 saturated carbocycles. The molecule has 1 saturated heterocycles. The normalized spacial score (nSPS) is 24.1. The number of nitrogens with zero attached hydrogens (tertiary/aromatic N) is 2. The van der Waals surface area contributed by atoms with Gasteiger partial charge < -0.3 is 4.90 Å². The van der Waals surface area contributed by atoms with Crippen LogP contribution in [0.4, 0.5) is 5.69 Å². The monoisotopic (exact) mass is 290 g/mol. The molecule has 1 heterocycles. The van der Waals surface area contributed by atoms with Crippen molar-refractivity contribution in [2.24, 2.45) is 5.92 Å². The maximum absolute atomic E-state index is 6.08. The van der Waals surface area contributed by atoms with Crippen LogP contribution in [0.3, 0.4) is 0 Å². The third-order valence-electron chi connectivity index (χ3n) is 4.44. The van der Waals surface area contributed by atoms with Gasteiger partial charge in [-0.25, -0.2) is 0 Å². The van der Waals surface area contributed by atoms with Crippen molar-refractivity contribution in [2.75, 3.05) is 37.6 Å². The van der Waals surface area contributed by atoms with Crippen LogP contribution in [0.1, 0.15) is 19.3 Å². The zero-order valence-corrected chi connectivity index (χ0v) is 12.7. The van der Waals surface area contributed by atoms with Crippen LogP contribution in [0.2, 0.25) is 5.02 Å². The van der Waals surface area contributed by atoms with Crippen LogP contribution in [0.15, 0.2) is 36.4 Å². The number of allylic oxidation sites excluding steroid dienone is 2. The van der Waals surface area contributed by atoms with Gasteiger partial charge in [-0.05, 0) is 43.4 Å². The van der Waals surface area contributed by atoms with Gasteiger partial charge in [0.05, 0.1) is 0 Å². The Kier molecular flexibility index (Phi) is 4.64. The molecule has 0 N–H and O–H groups in total. The van der Waals surface area contributed by atoms with Gasteiger partial charge in [-0.15, -0.1) is 0 Å². The number of halogens is 1. The molecule has 1 atom stereocenters. The largest absolute Gasteiger partial charge is 0.369 e. The van der Waals surface area contributed by atoms with Crippen molar-refractivity contribution in [3.63, 3.8) is 0 Å². The molecule has 0 radical (unpaired) electrons. The Hall–Kier alpha value is -0.990. The third kappa shape index (κ3) is 3.56. The van der Waals surface area contributed by atoms with E-state index in [1.54, 1.807) is 0 Å². The van der Waals surface area contributed by atoms with E-state index in [9.17, 15) is 0 Å². The maximum Gasteiger partial charge on any atom is 0.0426 e. The standard InChI is InChI=1S/C17H23ClN2/c18-16-7-4-8-17(13-16)20-11-9-19(10-12-20)14-15-5-2-1-3-6-15/h1-2,4,7-8,13,15H,3,5-6,9-12,14H2. The van der Waals surface area contributed by atoms with Crippen molar-refractivity contribution < 1.29 is 0 Å². The van der Waals surface area contributed by atoms with E-state index in [0.29, 0.717) is 0 Å². The van der Waals surface area contributed by atoms with Crippen LogP contribution < -0.4 is 4.90 Å². The van der Waals surface area contributed by atoms with Crippen molar-refractivity contribution in [2.45, 2.75) is 19.3 Å². The molecule has 0 spiro atoms. The lowest BCUT2D eigenvalue weighted by Gasteiger charge is -2.38. The fraction of sp³-hybridized carbons (Fsp3) is 0.529. The molecule has 108 valence electrons. The zero-order valence-electron chi connectivity index (χ0n) is 12.0. The van der Waals surface area contributed by atoms with Crippen LogP contribution >= 0.6 is 11.6 Å². The summed E-state index contributed by atoms with van der Waals surface area (Å²) in [5.74, 6) is 0.873. The minimum absolute atomic E-state index is 0.832. The predicted octanol–water partition coefficient (Wildman–Crippen LogP) is 3.82. The molecule has 0 bridgehead atoms. The van der Waals surface area contributed by atoms with E-state index in [1.807, 2.05) is 12.1 Å². The number of piperazine rings is 1. The number of rotatable bonds is 3. The van der Waals surface area contributed by atoms with Crippen molar-refractivity contribution in [3.05, 3.63) is 41.4 Å². The van der Waals surface area contributed by atoms with Crippen LogP contribution in [-0.4, -0.2) is 37.6 Å². The van der Waals surface area contributed by atoms with Crippen molar-refractivity contribution >= 4 is 17.3 Å². The van der Waals surface area contributed by atoms with Crippen molar-refractivity contribution in [3.8, 4) is 0 Å². The van der Waals surface area contributed by atoms with Gasteiger partial charge in [0.25, 0.3) is 0 Å². The third-order valence-corrected chi connectivity index (χ3v) is 4.67. The lowest BCUT2D eigenvalue weighted by atomic mass is 9.94. The molecule has 3 rings (SSSR count). The summed E-state index contributed by atoms with van der Waals surface area (Å²) in [6, 6.07) is 8.22. The molecular weight excluding hydrogens is 268 g/mol. The first-order valence-electron chi connectivity index (χ1n) is 7.69. The Morgan fingerprint density at radius 1 is 1.10 bits per heavy atom. The van der Waals surface area contributed by atoms with Crippen LogP contribution in [0, 0.1) is 5.92 Å². The minimum Gasteiger partial charge on any atom is -0.369 e. The van der Waals surface area contributed by atoms with E-state index in [4.69, 9.17) is 11.6 Å². The highest BCUT2D eigenvalue weighted by Gasteiger charge is 2.20. The summed E-state index contributed by atoms with van der Waals surface area (Å²) in [5, 5.41) is 0.832. The lowest BCUT2D eigenvalue weighted by Crippen LogP contribution is -2.47. The van der Waals surface area contributed by atoms with Gasteiger partial charge in [0.15, 0.2) is 0 Å². The summed E-state index contributed by atoms with van der Waals surface area (Å²) < 4.78 is 0. The highest BCUT2D eigenvalue weighted by Crippen LogP contribution is 2.23. The van der Waals surface area contributed by atoms with E-state index in [1.165, 1.54) is 44.6 Å². The molecule has 20 heavy (non-hydrogen) atoms. The topological polar surface area (TPSA) is 6.48 Å². The summed E-state index contributed by atoms with van der Waals surface area (Å²) in [7, 11) is 0. The molecule has 1 unspecified atom stereocenters. The second kappa shape index (κ2) is 6.64. The maximum atomic E-state index is 6.08. The van der Waals surface area contributed by atoms with Gasteiger partial charge in [0, 0.05) is 43.4 Å². The molecule has 2 nitrogen and oxygen atoms in total. The van der Waals surface area contributed by atoms with Crippen molar-refractivity contribution in [1.29, 1.82) is 0 Å². The molecule has 0 aromatic heterocycles. The lowest BCUT2D eigenvalue weighted by molar-refractivity contribution is 0.211. The van der Waals surface area contributed by atoms with E-state index in [2.05, 4.69) is 34.1 Å². The molecule has 3 heteroatoms. The fourth-order valence-electron chi connectivity index (χ4n) is 3.25. The average Bonchev–Trinajstić information content (AvgIpc) is 2.49. The number of hydrogen-bond acceptors (Lipinski definition) is 2. The molecule has 1 aromatic carbocycles. The Morgan fingerprint density at radius 2 is 1.95 bits per heavy atom. The highest BCUT2D eigenvalue weighted by molar-refractivity contribution is 6.30. The van der Waals surface area contributed by atoms with E-state index < -0.39 is 0 Å². The minimum atomic E-state index is 0.832. The molecular formula is C17H23ClN2. The smallest absolute Gasteiger partial charge is 0.0426 e. The summed E-state index contributed by atoms with van der Waals surface area (Å²) >= 11 is 6.08. The molecule has 0 amide bonds. The van der Waals surface area contributed by atoms with Crippen LogP contribution in [0.25, 0.3) is 0 Å². The molecule has 1 aliphatic carbocycles. The quantitative estimate of drug-likeness (QED) is 0.781. The second-order valence-electron chi connectivity index (χ2n) is 5.92. The Morgan fingerprint density at radius 3 is 2.65 bits per heavy atom. The van der Waals surface area contributed by atoms with Gasteiger partial charge in [-0.1, -0.05) is 29.8 Å². The molecule has 1 aromatic rings. The molecule has 1 fully saturated rings. The molecule has 1 aliphatic heterocycles. The second-order valence-corrected chi connectivity index (χ2v) is 6.35. The first-order chi connectivity index (χ1) is 9.81. The van der Waals surface area contributed by atoms with E-state index in [0.717, 1.165) is 24.0 Å². The van der Waals surface area contributed by atoms with Crippen LogP contribution in [-0.2, 0) is 0 Å². The van der Waals surface area contributed by atoms with E-state index >= 15 is 0 Å². The average molecular weight is 291 g/mol. The van der Waals surface area contributed by atoms with Gasteiger partial charge in [-0.2, -0.15) is 0 Å². The van der Waals surface area contributed by atoms with Gasteiger partial charge in [0.1, 0.15) is 0 Å². The summed E-state index contributed by atoms with van der Waals surface area (Å²) in [6.07, 6.45) is 8.59. The first kappa shape index (κ1) is 14.0. The summed E-state index contributed by atoms with van der Waals surface area (Å²) in [5.41, 5.74) is 1.26. The fourth-order valence-corrected chi connectivity index (χ4v) is 3.43. The zero-order chi connectivity index (χ0) is 13.8. The van der Waals surface area contributed by atoms with Gasteiger partial charge in [0.2, 0.25) is 0 Å². The highest BCUT2D eigenvalue weighted by atomic mass is 35.5. The Bertz CT molecular complexity index is 464.